The maximum Gasteiger partial charge on any atom is 0.325 e. The van der Waals surface area contributed by atoms with Crippen molar-refractivity contribution in [3.63, 3.8) is 0 Å². The Morgan fingerprint density at radius 3 is 2.57 bits per heavy atom. The molecule has 3 aliphatic rings. The molecule has 2 saturated heterocycles. The molecular weight excluding hydrogens is 386 g/mol. The molecule has 2 heterocycles. The van der Waals surface area contributed by atoms with E-state index in [9.17, 15) is 19.2 Å². The molecule has 2 aliphatic heterocycles. The number of hydrogen-bond donors (Lipinski definition) is 3. The van der Waals surface area contributed by atoms with Crippen LogP contribution in [-0.2, 0) is 14.4 Å². The minimum Gasteiger partial charge on any atom is -0.354 e. The van der Waals surface area contributed by atoms with E-state index in [0.29, 0.717) is 25.9 Å². The Labute approximate surface area is 171 Å². The molecule has 10 heteroatoms. The van der Waals surface area contributed by atoms with Crippen molar-refractivity contribution in [3.8, 4) is 0 Å². The Bertz CT molecular complexity index is 623. The van der Waals surface area contributed by atoms with Crippen LogP contribution in [0, 0.1) is 0 Å². The Hall–Kier alpha value is -1.87. The Morgan fingerprint density at radius 1 is 1.18 bits per heavy atom. The molecule has 9 nitrogen and oxygen atoms in total. The van der Waals surface area contributed by atoms with Gasteiger partial charge in [-0.15, -0.1) is 12.4 Å². The number of amides is 5. The summed E-state index contributed by atoms with van der Waals surface area (Å²) in [6.07, 6.45) is 6.00. The Balaban J connectivity index is 0.00000280. The molecule has 0 aromatic carbocycles. The fraction of sp³-hybridized carbons (Fsp3) is 0.778. The molecule has 1 saturated carbocycles. The summed E-state index contributed by atoms with van der Waals surface area (Å²) in [5.74, 6) is -0.651. The molecule has 0 bridgehead atoms. The average molecular weight is 416 g/mol. The predicted molar refractivity (Wildman–Crippen MR) is 105 cm³/mol. The highest BCUT2D eigenvalue weighted by atomic mass is 35.5. The van der Waals surface area contributed by atoms with Crippen LogP contribution in [0.15, 0.2) is 0 Å². The van der Waals surface area contributed by atoms with Gasteiger partial charge >= 0.3 is 6.03 Å². The second-order valence-corrected chi connectivity index (χ2v) is 7.69. The molecular formula is C18H30ClN5O4. The fourth-order valence-electron chi connectivity index (χ4n) is 4.36. The van der Waals surface area contributed by atoms with Gasteiger partial charge in [-0.25, -0.2) is 4.79 Å². The van der Waals surface area contributed by atoms with E-state index in [-0.39, 0.29) is 55.7 Å². The zero-order chi connectivity index (χ0) is 19.4. The maximum atomic E-state index is 12.8. The molecule has 0 aromatic heterocycles. The number of carbonyl (C=O) groups excluding carboxylic acids is 4. The van der Waals surface area contributed by atoms with Crippen molar-refractivity contribution in [1.29, 1.82) is 0 Å². The Kier molecular flexibility index (Phi) is 7.65. The lowest BCUT2D eigenvalue weighted by molar-refractivity contribution is -0.141. The summed E-state index contributed by atoms with van der Waals surface area (Å²) in [4.78, 5) is 52.3. The average Bonchev–Trinajstić information content (AvgIpc) is 3.21. The molecule has 1 unspecified atom stereocenters. The molecule has 1 aliphatic carbocycles. The number of imide groups is 1. The molecule has 1 atom stereocenters. The van der Waals surface area contributed by atoms with E-state index in [1.165, 1.54) is 0 Å². The molecule has 1 spiro atoms. The van der Waals surface area contributed by atoms with Crippen LogP contribution in [0.4, 0.5) is 4.79 Å². The van der Waals surface area contributed by atoms with Gasteiger partial charge in [0.2, 0.25) is 11.8 Å². The summed E-state index contributed by atoms with van der Waals surface area (Å²) in [6.45, 7) is 0.993. The van der Waals surface area contributed by atoms with Crippen molar-refractivity contribution in [1.82, 2.24) is 20.4 Å². The molecule has 3 rings (SSSR count). The molecule has 3 fully saturated rings. The number of nitrogens with two attached hydrogens (primary N) is 1. The van der Waals surface area contributed by atoms with Gasteiger partial charge in [-0.2, -0.15) is 0 Å². The number of nitrogens with zero attached hydrogens (tertiary/aromatic N) is 2. The second-order valence-electron chi connectivity index (χ2n) is 7.69. The smallest absolute Gasteiger partial charge is 0.325 e. The summed E-state index contributed by atoms with van der Waals surface area (Å²) in [5, 5.41) is 5.62. The van der Waals surface area contributed by atoms with Crippen molar-refractivity contribution < 1.29 is 19.2 Å². The summed E-state index contributed by atoms with van der Waals surface area (Å²) < 4.78 is 0. The third-order valence-electron chi connectivity index (χ3n) is 5.85. The summed E-state index contributed by atoms with van der Waals surface area (Å²) >= 11 is 0. The van der Waals surface area contributed by atoms with Crippen LogP contribution in [0.25, 0.3) is 0 Å². The number of urea groups is 1. The second kappa shape index (κ2) is 9.56. The van der Waals surface area contributed by atoms with Gasteiger partial charge in [-0.3, -0.25) is 19.3 Å². The third kappa shape index (κ3) is 4.57. The van der Waals surface area contributed by atoms with E-state index < -0.39 is 11.6 Å². The largest absolute Gasteiger partial charge is 0.354 e. The molecule has 158 valence electrons. The van der Waals surface area contributed by atoms with Crippen molar-refractivity contribution in [2.24, 2.45) is 5.73 Å². The van der Waals surface area contributed by atoms with Gasteiger partial charge in [0.1, 0.15) is 12.1 Å². The van der Waals surface area contributed by atoms with E-state index in [2.05, 4.69) is 10.6 Å². The fourth-order valence-corrected chi connectivity index (χ4v) is 4.36. The molecule has 4 N–H and O–H groups in total. The number of carbonyl (C=O) groups is 4. The van der Waals surface area contributed by atoms with Gasteiger partial charge < -0.3 is 21.3 Å². The Morgan fingerprint density at radius 2 is 1.89 bits per heavy atom. The van der Waals surface area contributed by atoms with Gasteiger partial charge in [0, 0.05) is 32.1 Å². The predicted octanol–water partition coefficient (Wildman–Crippen LogP) is 0.119. The minimum absolute atomic E-state index is 0. The monoisotopic (exact) mass is 415 g/mol. The number of rotatable bonds is 6. The van der Waals surface area contributed by atoms with Crippen LogP contribution in [-0.4, -0.2) is 71.3 Å². The van der Waals surface area contributed by atoms with Crippen LogP contribution >= 0.6 is 12.4 Å². The molecule has 0 radical (unpaired) electrons. The van der Waals surface area contributed by atoms with E-state index in [4.69, 9.17) is 5.73 Å². The van der Waals surface area contributed by atoms with Crippen molar-refractivity contribution in [2.45, 2.75) is 62.9 Å². The van der Waals surface area contributed by atoms with Crippen molar-refractivity contribution in [3.05, 3.63) is 0 Å². The topological polar surface area (TPSA) is 125 Å². The van der Waals surface area contributed by atoms with Crippen LogP contribution in [0.3, 0.4) is 0 Å². The zero-order valence-electron chi connectivity index (χ0n) is 16.1. The molecule has 28 heavy (non-hydrogen) atoms. The number of piperidine rings is 1. The number of halogens is 1. The van der Waals surface area contributed by atoms with E-state index in [1.54, 1.807) is 4.90 Å². The first kappa shape index (κ1) is 22.4. The van der Waals surface area contributed by atoms with Gasteiger partial charge in [0.15, 0.2) is 0 Å². The van der Waals surface area contributed by atoms with Gasteiger partial charge in [-0.05, 0) is 32.1 Å². The van der Waals surface area contributed by atoms with Gasteiger partial charge in [0.25, 0.3) is 5.91 Å². The lowest BCUT2D eigenvalue weighted by Crippen LogP contribution is -2.53. The van der Waals surface area contributed by atoms with Crippen LogP contribution in [0.2, 0.25) is 0 Å². The highest BCUT2D eigenvalue weighted by molar-refractivity contribution is 6.09. The van der Waals surface area contributed by atoms with Crippen LogP contribution in [0.1, 0.15) is 51.4 Å². The van der Waals surface area contributed by atoms with Gasteiger partial charge in [0.05, 0.1) is 0 Å². The molecule has 0 aromatic rings. The number of nitrogens with one attached hydrogen (secondary N) is 2. The van der Waals surface area contributed by atoms with E-state index in [1.807, 2.05) is 0 Å². The summed E-state index contributed by atoms with van der Waals surface area (Å²) in [7, 11) is 0. The first-order valence-corrected chi connectivity index (χ1v) is 9.87. The maximum absolute atomic E-state index is 12.8. The third-order valence-corrected chi connectivity index (χ3v) is 5.85. The van der Waals surface area contributed by atoms with E-state index >= 15 is 0 Å². The number of hydrogen-bond acceptors (Lipinski definition) is 5. The van der Waals surface area contributed by atoms with E-state index in [0.717, 1.165) is 37.0 Å². The van der Waals surface area contributed by atoms with Gasteiger partial charge in [-0.1, -0.05) is 12.8 Å². The quantitative estimate of drug-likeness (QED) is 0.531. The molecule has 5 amide bonds. The number of likely N-dealkylation sites (tertiary alicyclic amines) is 1. The highest BCUT2D eigenvalue weighted by Crippen LogP contribution is 2.35. The van der Waals surface area contributed by atoms with Crippen LogP contribution in [0.5, 0.6) is 0 Å². The van der Waals surface area contributed by atoms with Crippen LogP contribution < -0.4 is 16.4 Å². The highest BCUT2D eigenvalue weighted by Gasteiger charge is 2.53. The summed E-state index contributed by atoms with van der Waals surface area (Å²) in [5.41, 5.74) is 4.58. The normalized spacial score (nSPS) is 23.5. The minimum atomic E-state index is -0.797. The van der Waals surface area contributed by atoms with Crippen molar-refractivity contribution in [2.75, 3.05) is 26.2 Å². The SMILES string of the molecule is Cl.NCCC(=O)NCC1CCCCN1C(=O)CN1C(=O)NC2(CCCC2)C1=O. The lowest BCUT2D eigenvalue weighted by Gasteiger charge is -2.36. The first-order valence-electron chi connectivity index (χ1n) is 9.87. The summed E-state index contributed by atoms with van der Waals surface area (Å²) in [6, 6.07) is -0.589. The lowest BCUT2D eigenvalue weighted by atomic mass is 9.98. The standard InChI is InChI=1S/C18H29N5O4.ClH/c19-9-6-14(24)20-11-13-5-1-4-10-22(13)15(25)12-23-16(26)18(21-17(23)27)7-2-3-8-18;/h13H,1-12,19H2,(H,20,24)(H,21,27);1H. The first-order chi connectivity index (χ1) is 13.0. The van der Waals surface area contributed by atoms with Crippen molar-refractivity contribution >= 4 is 36.2 Å². The zero-order valence-corrected chi connectivity index (χ0v) is 16.9.